The van der Waals surface area contributed by atoms with Crippen LogP contribution in [-0.2, 0) is 0 Å². The zero-order valence-electron chi connectivity index (χ0n) is 6.13. The van der Waals surface area contributed by atoms with Gasteiger partial charge in [0.15, 0.2) is 0 Å². The summed E-state index contributed by atoms with van der Waals surface area (Å²) < 4.78 is 0. The fourth-order valence-corrected chi connectivity index (χ4v) is 1.02. The summed E-state index contributed by atoms with van der Waals surface area (Å²) in [4.78, 5) is 0. The summed E-state index contributed by atoms with van der Waals surface area (Å²) in [5, 5.41) is 15.5. The monoisotopic (exact) mass is 166 g/mol. The predicted octanol–water partition coefficient (Wildman–Crippen LogP) is -0.650. The molecule has 1 rings (SSSR count). The minimum absolute atomic E-state index is 0. The molecule has 0 bridgehead atoms. The molecule has 0 radical (unpaired) electrons. The van der Waals surface area contributed by atoms with Crippen LogP contribution in [0.4, 0.5) is 0 Å². The molecule has 4 heteroatoms. The average Bonchev–Trinajstić information content (AvgIpc) is 1.90. The number of halogens is 1. The van der Waals surface area contributed by atoms with Crippen LogP contribution in [0, 0.1) is 0 Å². The zero-order chi connectivity index (χ0) is 6.69. The van der Waals surface area contributed by atoms with E-state index in [0.717, 1.165) is 19.6 Å². The molecule has 0 aromatic carbocycles. The number of hydrogen-bond acceptors (Lipinski definition) is 3. The third-order valence-electron chi connectivity index (χ3n) is 1.65. The molecule has 1 fully saturated rings. The molecule has 0 aliphatic carbocycles. The van der Waals surface area contributed by atoms with Crippen molar-refractivity contribution in [3.63, 3.8) is 0 Å². The van der Waals surface area contributed by atoms with Gasteiger partial charge in [-0.25, -0.2) is 0 Å². The lowest BCUT2D eigenvalue weighted by atomic mass is 10.1. The fraction of sp³-hybridized carbons (Fsp3) is 1.00. The van der Waals surface area contributed by atoms with E-state index in [1.807, 2.05) is 6.92 Å². The van der Waals surface area contributed by atoms with Gasteiger partial charge >= 0.3 is 0 Å². The SMILES string of the molecule is C[C@H](O)[C@@H]1CNCCN1.Cl. The van der Waals surface area contributed by atoms with Crippen LogP contribution in [0.3, 0.4) is 0 Å². The van der Waals surface area contributed by atoms with Gasteiger partial charge in [-0.2, -0.15) is 0 Å². The third kappa shape index (κ3) is 2.84. The predicted molar refractivity (Wildman–Crippen MR) is 43.6 cm³/mol. The Hall–Kier alpha value is 0.170. The van der Waals surface area contributed by atoms with Crippen LogP contribution in [0.1, 0.15) is 6.92 Å². The first-order chi connectivity index (χ1) is 4.30. The zero-order valence-corrected chi connectivity index (χ0v) is 6.95. The van der Waals surface area contributed by atoms with Crippen molar-refractivity contribution in [3.8, 4) is 0 Å². The summed E-state index contributed by atoms with van der Waals surface area (Å²) in [5.74, 6) is 0. The van der Waals surface area contributed by atoms with Crippen molar-refractivity contribution < 1.29 is 5.11 Å². The Balaban J connectivity index is 0.000000810. The van der Waals surface area contributed by atoms with Crippen LogP contribution < -0.4 is 10.6 Å². The first-order valence-electron chi connectivity index (χ1n) is 3.43. The Labute approximate surface area is 67.6 Å². The lowest BCUT2D eigenvalue weighted by Crippen LogP contribution is -2.53. The summed E-state index contributed by atoms with van der Waals surface area (Å²) in [7, 11) is 0. The molecule has 3 N–H and O–H groups in total. The van der Waals surface area contributed by atoms with Gasteiger partial charge in [0.1, 0.15) is 0 Å². The van der Waals surface area contributed by atoms with E-state index in [9.17, 15) is 0 Å². The average molecular weight is 167 g/mol. The van der Waals surface area contributed by atoms with Crippen molar-refractivity contribution in [2.75, 3.05) is 19.6 Å². The largest absolute Gasteiger partial charge is 0.392 e. The van der Waals surface area contributed by atoms with Gasteiger partial charge < -0.3 is 15.7 Å². The minimum Gasteiger partial charge on any atom is -0.392 e. The highest BCUT2D eigenvalue weighted by Gasteiger charge is 2.15. The molecule has 0 amide bonds. The van der Waals surface area contributed by atoms with E-state index < -0.39 is 0 Å². The highest BCUT2D eigenvalue weighted by Crippen LogP contribution is 1.92. The van der Waals surface area contributed by atoms with E-state index in [1.165, 1.54) is 0 Å². The van der Waals surface area contributed by atoms with Crippen LogP contribution in [0.15, 0.2) is 0 Å². The van der Waals surface area contributed by atoms with Gasteiger partial charge in [-0.3, -0.25) is 0 Å². The fourth-order valence-electron chi connectivity index (χ4n) is 1.02. The molecule has 0 aromatic heterocycles. The second kappa shape index (κ2) is 4.91. The molecule has 2 atom stereocenters. The van der Waals surface area contributed by atoms with Gasteiger partial charge in [-0.15, -0.1) is 12.4 Å². The van der Waals surface area contributed by atoms with Gasteiger partial charge in [-0.1, -0.05) is 0 Å². The summed E-state index contributed by atoms with van der Waals surface area (Å²) in [6, 6.07) is 0.249. The van der Waals surface area contributed by atoms with Gasteiger partial charge in [0, 0.05) is 25.7 Å². The van der Waals surface area contributed by atoms with Crippen molar-refractivity contribution in [2.45, 2.75) is 19.1 Å². The minimum atomic E-state index is -0.238. The van der Waals surface area contributed by atoms with Crippen molar-refractivity contribution in [2.24, 2.45) is 0 Å². The van der Waals surface area contributed by atoms with Crippen molar-refractivity contribution >= 4 is 12.4 Å². The summed E-state index contributed by atoms with van der Waals surface area (Å²) in [6.07, 6.45) is -0.238. The Morgan fingerprint density at radius 2 is 2.20 bits per heavy atom. The smallest absolute Gasteiger partial charge is 0.0677 e. The molecule has 1 saturated heterocycles. The molecule has 0 saturated carbocycles. The van der Waals surface area contributed by atoms with Gasteiger partial charge in [0.05, 0.1) is 6.10 Å². The lowest BCUT2D eigenvalue weighted by molar-refractivity contribution is 0.136. The molecular formula is C6H15ClN2O. The number of nitrogens with one attached hydrogen (secondary N) is 2. The molecule has 1 heterocycles. The number of aliphatic hydroxyl groups excluding tert-OH is 1. The molecule has 3 nitrogen and oxygen atoms in total. The molecule has 1 aliphatic rings. The van der Waals surface area contributed by atoms with E-state index >= 15 is 0 Å². The van der Waals surface area contributed by atoms with Crippen molar-refractivity contribution in [1.29, 1.82) is 0 Å². The molecule has 10 heavy (non-hydrogen) atoms. The highest BCUT2D eigenvalue weighted by atomic mass is 35.5. The van der Waals surface area contributed by atoms with Gasteiger partial charge in [-0.05, 0) is 6.92 Å². The molecule has 62 valence electrons. The standard InChI is InChI=1S/C6H14N2O.ClH/c1-5(9)6-4-7-2-3-8-6;/h5-9H,2-4H2,1H3;1H/t5-,6-;/m0./s1. The molecule has 0 spiro atoms. The Kier molecular flexibility index (Phi) is 4.99. The van der Waals surface area contributed by atoms with E-state index in [-0.39, 0.29) is 24.6 Å². The molecule has 0 aromatic rings. The third-order valence-corrected chi connectivity index (χ3v) is 1.65. The topological polar surface area (TPSA) is 44.3 Å². The van der Waals surface area contributed by atoms with E-state index in [2.05, 4.69) is 10.6 Å². The van der Waals surface area contributed by atoms with E-state index in [0.29, 0.717) is 0 Å². The van der Waals surface area contributed by atoms with Crippen LogP contribution in [0.2, 0.25) is 0 Å². The maximum atomic E-state index is 9.07. The maximum Gasteiger partial charge on any atom is 0.0677 e. The van der Waals surface area contributed by atoms with Crippen molar-refractivity contribution in [3.05, 3.63) is 0 Å². The van der Waals surface area contributed by atoms with Crippen LogP contribution in [-0.4, -0.2) is 36.9 Å². The summed E-state index contributed by atoms with van der Waals surface area (Å²) >= 11 is 0. The second-order valence-electron chi connectivity index (χ2n) is 2.51. The first kappa shape index (κ1) is 10.2. The molecule has 1 aliphatic heterocycles. The van der Waals surface area contributed by atoms with Crippen LogP contribution in [0.25, 0.3) is 0 Å². The maximum absolute atomic E-state index is 9.07. The number of hydrogen-bond donors (Lipinski definition) is 3. The Morgan fingerprint density at radius 1 is 1.50 bits per heavy atom. The second-order valence-corrected chi connectivity index (χ2v) is 2.51. The molecule has 0 unspecified atom stereocenters. The number of rotatable bonds is 1. The summed E-state index contributed by atoms with van der Waals surface area (Å²) in [6.45, 7) is 4.68. The highest BCUT2D eigenvalue weighted by molar-refractivity contribution is 5.85. The lowest BCUT2D eigenvalue weighted by Gasteiger charge is -2.26. The van der Waals surface area contributed by atoms with E-state index in [4.69, 9.17) is 5.11 Å². The van der Waals surface area contributed by atoms with Crippen LogP contribution >= 0.6 is 12.4 Å². The van der Waals surface area contributed by atoms with Gasteiger partial charge in [0.25, 0.3) is 0 Å². The summed E-state index contributed by atoms with van der Waals surface area (Å²) in [5.41, 5.74) is 0. The quantitative estimate of drug-likeness (QED) is 0.485. The Morgan fingerprint density at radius 3 is 2.50 bits per heavy atom. The van der Waals surface area contributed by atoms with Crippen LogP contribution in [0.5, 0.6) is 0 Å². The number of piperazine rings is 1. The molecular weight excluding hydrogens is 152 g/mol. The normalized spacial score (nSPS) is 28.8. The van der Waals surface area contributed by atoms with E-state index in [1.54, 1.807) is 0 Å². The van der Waals surface area contributed by atoms with Crippen molar-refractivity contribution in [1.82, 2.24) is 10.6 Å². The number of aliphatic hydroxyl groups is 1. The van der Waals surface area contributed by atoms with Gasteiger partial charge in [0.2, 0.25) is 0 Å². The Bertz CT molecular complexity index is 83.8. The first-order valence-corrected chi connectivity index (χ1v) is 3.43.